The van der Waals surface area contributed by atoms with E-state index in [2.05, 4.69) is 36.2 Å². The minimum atomic E-state index is -0.562. The molecule has 0 fully saturated rings. The van der Waals surface area contributed by atoms with Crippen molar-refractivity contribution in [2.24, 2.45) is 4.99 Å². The molecular weight excluding hydrogens is 526 g/mol. The van der Waals surface area contributed by atoms with Crippen LogP contribution in [0.3, 0.4) is 0 Å². The molecule has 0 amide bonds. The third-order valence-corrected chi connectivity index (χ3v) is 6.90. The van der Waals surface area contributed by atoms with Crippen molar-refractivity contribution in [1.82, 2.24) is 0 Å². The van der Waals surface area contributed by atoms with Gasteiger partial charge in [-0.15, -0.1) is 0 Å². The molecule has 0 saturated heterocycles. The molecule has 0 spiro atoms. The molecule has 3 rings (SSSR count). The van der Waals surface area contributed by atoms with Gasteiger partial charge in [0.25, 0.3) is 0 Å². The summed E-state index contributed by atoms with van der Waals surface area (Å²) in [6, 6.07) is 23.3. The van der Waals surface area contributed by atoms with E-state index in [1.54, 1.807) is 44.3 Å². The first-order valence-corrected chi connectivity index (χ1v) is 15.3. The van der Waals surface area contributed by atoms with Crippen LogP contribution in [-0.4, -0.2) is 37.5 Å². The van der Waals surface area contributed by atoms with Gasteiger partial charge in [0, 0.05) is 6.21 Å². The maximum Gasteiger partial charge on any atom is 0.338 e. The molecule has 0 aliphatic rings. The zero-order chi connectivity index (χ0) is 30.0. The van der Waals surface area contributed by atoms with E-state index in [1.807, 2.05) is 24.3 Å². The van der Waals surface area contributed by atoms with Crippen molar-refractivity contribution < 1.29 is 23.8 Å². The van der Waals surface area contributed by atoms with E-state index >= 15 is 0 Å². The van der Waals surface area contributed by atoms with Gasteiger partial charge >= 0.3 is 11.9 Å². The van der Waals surface area contributed by atoms with Crippen molar-refractivity contribution in [3.05, 3.63) is 83.9 Å². The Labute approximate surface area is 251 Å². The molecule has 3 aromatic carbocycles. The standard InChI is InChI=1S/C36H45NO5/c1-4-6-7-8-9-10-11-12-25-41-34-23-19-31(20-24-34)30-15-13-29(14-16-30)27-37-33-21-17-32(18-22-33)36(39)42-28(3)26-35(38)40-5-2/h13-24,27-28H,4-12,25-26H2,1-3H3. The van der Waals surface area contributed by atoms with Gasteiger partial charge in [0.05, 0.1) is 30.9 Å². The summed E-state index contributed by atoms with van der Waals surface area (Å²) >= 11 is 0. The van der Waals surface area contributed by atoms with Crippen LogP contribution in [0.15, 0.2) is 77.8 Å². The molecule has 0 N–H and O–H groups in total. The highest BCUT2D eigenvalue weighted by Gasteiger charge is 2.16. The van der Waals surface area contributed by atoms with Gasteiger partial charge in [0.1, 0.15) is 11.9 Å². The molecule has 1 atom stereocenters. The molecule has 6 nitrogen and oxygen atoms in total. The van der Waals surface area contributed by atoms with E-state index in [0.717, 1.165) is 41.2 Å². The van der Waals surface area contributed by atoms with Crippen LogP contribution in [0, 0.1) is 0 Å². The monoisotopic (exact) mass is 571 g/mol. The van der Waals surface area contributed by atoms with Gasteiger partial charge in [0.15, 0.2) is 0 Å². The van der Waals surface area contributed by atoms with Crippen molar-refractivity contribution in [3.63, 3.8) is 0 Å². The maximum absolute atomic E-state index is 12.3. The zero-order valence-corrected chi connectivity index (χ0v) is 25.3. The number of aliphatic imine (C=N–C) groups is 1. The highest BCUT2D eigenvalue weighted by molar-refractivity contribution is 5.90. The minimum absolute atomic E-state index is 0.0277. The fraction of sp³-hybridized carbons (Fsp3) is 0.417. The number of hydrogen-bond donors (Lipinski definition) is 0. The van der Waals surface area contributed by atoms with Crippen LogP contribution in [0.25, 0.3) is 11.1 Å². The molecule has 0 radical (unpaired) electrons. The second-order valence-electron chi connectivity index (χ2n) is 10.5. The van der Waals surface area contributed by atoms with Crippen molar-refractivity contribution in [3.8, 4) is 16.9 Å². The smallest absolute Gasteiger partial charge is 0.338 e. The summed E-state index contributed by atoms with van der Waals surface area (Å²) in [5, 5.41) is 0. The zero-order valence-electron chi connectivity index (χ0n) is 25.3. The van der Waals surface area contributed by atoms with Crippen LogP contribution in [0.5, 0.6) is 5.75 Å². The highest BCUT2D eigenvalue weighted by Crippen LogP contribution is 2.23. The lowest BCUT2D eigenvalue weighted by Crippen LogP contribution is -2.20. The van der Waals surface area contributed by atoms with Crippen LogP contribution in [0.1, 0.15) is 94.5 Å². The van der Waals surface area contributed by atoms with Crippen molar-refractivity contribution in [1.29, 1.82) is 0 Å². The van der Waals surface area contributed by atoms with E-state index < -0.39 is 12.1 Å². The van der Waals surface area contributed by atoms with Crippen molar-refractivity contribution in [2.45, 2.75) is 84.7 Å². The predicted molar refractivity (Wildman–Crippen MR) is 170 cm³/mol. The molecule has 0 aromatic heterocycles. The largest absolute Gasteiger partial charge is 0.494 e. The molecule has 42 heavy (non-hydrogen) atoms. The Hall–Kier alpha value is -3.93. The van der Waals surface area contributed by atoms with Gasteiger partial charge < -0.3 is 14.2 Å². The van der Waals surface area contributed by atoms with Gasteiger partial charge in [-0.2, -0.15) is 0 Å². The second kappa shape index (κ2) is 18.5. The van der Waals surface area contributed by atoms with Crippen LogP contribution in [-0.2, 0) is 14.3 Å². The molecule has 0 saturated carbocycles. The lowest BCUT2D eigenvalue weighted by Gasteiger charge is -2.12. The molecule has 3 aromatic rings. The van der Waals surface area contributed by atoms with Crippen molar-refractivity contribution >= 4 is 23.8 Å². The lowest BCUT2D eigenvalue weighted by molar-refractivity contribution is -0.145. The Balaban J connectivity index is 1.42. The molecule has 0 aliphatic carbocycles. The predicted octanol–water partition coefficient (Wildman–Crippen LogP) is 9.12. The van der Waals surface area contributed by atoms with Crippen LogP contribution >= 0.6 is 0 Å². The first-order valence-electron chi connectivity index (χ1n) is 15.3. The number of unbranched alkanes of at least 4 members (excludes halogenated alkanes) is 7. The topological polar surface area (TPSA) is 74.2 Å². The summed E-state index contributed by atoms with van der Waals surface area (Å²) in [6.07, 6.45) is 11.6. The Kier molecular flexibility index (Phi) is 14.3. The van der Waals surface area contributed by atoms with Crippen molar-refractivity contribution in [2.75, 3.05) is 13.2 Å². The number of hydrogen-bond acceptors (Lipinski definition) is 6. The Bertz CT molecular complexity index is 1230. The van der Waals surface area contributed by atoms with Crippen LogP contribution in [0.2, 0.25) is 0 Å². The van der Waals surface area contributed by atoms with Crippen LogP contribution < -0.4 is 4.74 Å². The lowest BCUT2D eigenvalue weighted by atomic mass is 10.0. The normalized spacial score (nSPS) is 11.8. The van der Waals surface area contributed by atoms with E-state index in [0.29, 0.717) is 12.2 Å². The van der Waals surface area contributed by atoms with Gasteiger partial charge in [0.2, 0.25) is 0 Å². The Morgan fingerprint density at radius 3 is 1.98 bits per heavy atom. The summed E-state index contributed by atoms with van der Waals surface area (Å²) in [7, 11) is 0. The van der Waals surface area contributed by atoms with E-state index in [-0.39, 0.29) is 12.4 Å². The molecular formula is C36H45NO5. The fourth-order valence-electron chi connectivity index (χ4n) is 4.51. The van der Waals surface area contributed by atoms with Crippen LogP contribution in [0.4, 0.5) is 5.69 Å². The fourth-order valence-corrected chi connectivity index (χ4v) is 4.51. The quantitative estimate of drug-likeness (QED) is 0.0865. The highest BCUT2D eigenvalue weighted by atomic mass is 16.6. The number of carbonyl (C=O) groups excluding carboxylic acids is 2. The van der Waals surface area contributed by atoms with Gasteiger partial charge in [-0.05, 0) is 73.4 Å². The van der Waals surface area contributed by atoms with E-state index in [4.69, 9.17) is 14.2 Å². The molecule has 224 valence electrons. The van der Waals surface area contributed by atoms with Gasteiger partial charge in [-0.25, -0.2) is 4.79 Å². The van der Waals surface area contributed by atoms with E-state index in [9.17, 15) is 9.59 Å². The average Bonchev–Trinajstić information content (AvgIpc) is 3.00. The summed E-state index contributed by atoms with van der Waals surface area (Å²) in [5.41, 5.74) is 4.36. The first kappa shape index (κ1) is 32.6. The number of ether oxygens (including phenoxy) is 3. The number of nitrogens with zero attached hydrogens (tertiary/aromatic N) is 1. The number of esters is 2. The summed E-state index contributed by atoms with van der Waals surface area (Å²) in [4.78, 5) is 28.4. The third-order valence-electron chi connectivity index (χ3n) is 6.90. The Morgan fingerprint density at radius 1 is 0.762 bits per heavy atom. The SMILES string of the molecule is CCCCCCCCCCOc1ccc(-c2ccc(C=Nc3ccc(C(=O)OC(C)CC(=O)OCC)cc3)cc2)cc1. The summed E-state index contributed by atoms with van der Waals surface area (Å²) < 4.78 is 16.2. The third kappa shape index (κ3) is 11.9. The molecule has 0 aliphatic heterocycles. The molecule has 6 heteroatoms. The number of carbonyl (C=O) groups is 2. The Morgan fingerprint density at radius 2 is 1.36 bits per heavy atom. The van der Waals surface area contributed by atoms with Gasteiger partial charge in [-0.3, -0.25) is 9.79 Å². The van der Waals surface area contributed by atoms with E-state index in [1.165, 1.54) is 44.9 Å². The average molecular weight is 572 g/mol. The van der Waals surface area contributed by atoms with Gasteiger partial charge in [-0.1, -0.05) is 88.3 Å². The second-order valence-corrected chi connectivity index (χ2v) is 10.5. The minimum Gasteiger partial charge on any atom is -0.494 e. The molecule has 0 bridgehead atoms. The summed E-state index contributed by atoms with van der Waals surface area (Å²) in [6.45, 7) is 6.73. The number of rotatable bonds is 18. The maximum atomic E-state index is 12.3. The first-order chi connectivity index (χ1) is 20.5. The summed E-state index contributed by atoms with van der Waals surface area (Å²) in [5.74, 6) is 0.0412. The molecule has 1 unspecified atom stereocenters. The molecule has 0 heterocycles. The number of benzene rings is 3.